The minimum Gasteiger partial charge on any atom is -0.430 e. The first kappa shape index (κ1) is 33.6. The molecule has 15 fully saturated rings. The normalized spacial score (nSPS) is 68.7. The molecule has 296 valence electrons. The second-order valence-electron chi connectivity index (χ2n) is 24.1. The molecule has 0 aliphatic heterocycles. The molecule has 0 radical (unpaired) electrons. The lowest BCUT2D eigenvalue weighted by molar-refractivity contribution is -0.374. The van der Waals surface area contributed by atoms with Gasteiger partial charge in [0, 0.05) is 24.0 Å². The van der Waals surface area contributed by atoms with E-state index in [1.165, 1.54) is 38.5 Å². The minimum atomic E-state index is -0.255. The summed E-state index contributed by atoms with van der Waals surface area (Å²) < 4.78 is 19.7. The molecule has 31 atom stereocenters. The van der Waals surface area contributed by atoms with Crippen LogP contribution in [0, 0.1) is 166 Å². The lowest BCUT2D eigenvalue weighted by Crippen LogP contribution is -2.81. The Labute approximate surface area is 331 Å². The van der Waals surface area contributed by atoms with Crippen LogP contribution in [0.1, 0.15) is 96.3 Å². The summed E-state index contributed by atoms with van der Waals surface area (Å²) in [7, 11) is -0.696. The molecule has 31 unspecified atom stereocenters. The van der Waals surface area contributed by atoms with E-state index in [-0.39, 0.29) is 53.2 Å². The highest BCUT2D eigenvalue weighted by Gasteiger charge is 2.82. The van der Waals surface area contributed by atoms with Crippen LogP contribution >= 0.6 is 0 Å². The molecule has 0 aromatic heterocycles. The molecule has 15 saturated carbocycles. The van der Waals surface area contributed by atoms with Gasteiger partial charge in [0.05, 0.1) is 6.10 Å². The molecule has 9 heteroatoms. The van der Waals surface area contributed by atoms with E-state index in [1.54, 1.807) is 44.9 Å². The molecule has 0 bridgehead atoms. The van der Waals surface area contributed by atoms with Gasteiger partial charge in [-0.1, -0.05) is 12.8 Å². The number of hydrogen-bond donors (Lipinski definition) is 3. The summed E-state index contributed by atoms with van der Waals surface area (Å²) in [6.07, 6.45) is 21.7. The topological polar surface area (TPSA) is 88.4 Å². The quantitative estimate of drug-likeness (QED) is 0.323. The second kappa shape index (κ2) is 11.7. The van der Waals surface area contributed by atoms with E-state index in [4.69, 9.17) is 14.0 Å². The Morgan fingerprint density at radius 1 is 0.291 bits per heavy atom. The summed E-state index contributed by atoms with van der Waals surface area (Å²) >= 11 is 0. The third-order valence-electron chi connectivity index (χ3n) is 24.7. The maximum atomic E-state index is 10.7. The second-order valence-corrected chi connectivity index (χ2v) is 24.1. The van der Waals surface area contributed by atoms with Crippen molar-refractivity contribution in [1.82, 2.24) is 0 Å². The molecular formula is C46H67B3O6. The van der Waals surface area contributed by atoms with Crippen molar-refractivity contribution in [2.24, 2.45) is 166 Å². The van der Waals surface area contributed by atoms with Crippen molar-refractivity contribution in [1.29, 1.82) is 0 Å². The first-order valence-corrected chi connectivity index (χ1v) is 24.9. The Kier molecular flexibility index (Phi) is 7.13. The number of hydrogen-bond acceptors (Lipinski definition) is 6. The Balaban J connectivity index is 0.985. The van der Waals surface area contributed by atoms with Gasteiger partial charge in [-0.05, 0) is 237 Å². The van der Waals surface area contributed by atoms with Crippen LogP contribution in [0.5, 0.6) is 0 Å². The van der Waals surface area contributed by atoms with Crippen LogP contribution in [0.15, 0.2) is 0 Å². The monoisotopic (exact) mass is 749 g/mol. The Hall–Kier alpha value is -0.0452. The van der Waals surface area contributed by atoms with Crippen molar-refractivity contribution in [3.8, 4) is 0 Å². The SMILES string of the molecule is OBOC1CCC2C3CCC4C5CCCC6CC7CCC8CCC9C%10CCC%11CC(OBO)C%12C(OBO)C1C2C1C%12C%11C%10C2C%10C9C8C7C(C65)C%10C4C3C12. The fraction of sp³-hybridized carbons (Fsp3) is 1.00. The van der Waals surface area contributed by atoms with Crippen molar-refractivity contribution in [3.63, 3.8) is 0 Å². The van der Waals surface area contributed by atoms with Crippen LogP contribution in [0.25, 0.3) is 0 Å². The number of fused-ring (bicyclic) bond motifs is 3. The van der Waals surface area contributed by atoms with E-state index in [0.717, 1.165) is 143 Å². The van der Waals surface area contributed by atoms with Crippen LogP contribution in [0.2, 0.25) is 0 Å². The van der Waals surface area contributed by atoms with Crippen molar-refractivity contribution < 1.29 is 29.0 Å². The van der Waals surface area contributed by atoms with Crippen LogP contribution in [-0.2, 0) is 14.0 Å². The number of rotatable bonds is 6. The first-order chi connectivity index (χ1) is 27.2. The molecule has 0 heterocycles. The Morgan fingerprint density at radius 2 is 0.691 bits per heavy atom. The third-order valence-corrected chi connectivity index (χ3v) is 24.7. The maximum absolute atomic E-state index is 10.7. The molecule has 0 aromatic carbocycles. The van der Waals surface area contributed by atoms with Crippen LogP contribution in [0.3, 0.4) is 0 Å². The van der Waals surface area contributed by atoms with Gasteiger partial charge in [-0.2, -0.15) is 0 Å². The van der Waals surface area contributed by atoms with Crippen LogP contribution in [-0.4, -0.2) is 56.4 Å². The van der Waals surface area contributed by atoms with Gasteiger partial charge in [-0.3, -0.25) is 0 Å². The van der Waals surface area contributed by atoms with Crippen molar-refractivity contribution in [2.75, 3.05) is 0 Å². The average Bonchev–Trinajstić information content (AvgIpc) is 3.21. The summed E-state index contributed by atoms with van der Waals surface area (Å²) in [4.78, 5) is 0. The van der Waals surface area contributed by atoms with Gasteiger partial charge >= 0.3 is 23.1 Å². The lowest BCUT2D eigenvalue weighted by Gasteiger charge is -2.84. The zero-order valence-corrected chi connectivity index (χ0v) is 33.2. The largest absolute Gasteiger partial charge is 0.435 e. The maximum Gasteiger partial charge on any atom is 0.435 e. The van der Waals surface area contributed by atoms with Crippen LogP contribution < -0.4 is 0 Å². The van der Waals surface area contributed by atoms with Gasteiger partial charge in [0.1, 0.15) is 0 Å². The van der Waals surface area contributed by atoms with E-state index in [9.17, 15) is 15.1 Å². The van der Waals surface area contributed by atoms with Crippen molar-refractivity contribution in [2.45, 2.75) is 115 Å². The van der Waals surface area contributed by atoms with Gasteiger partial charge in [-0.15, -0.1) is 0 Å². The average molecular weight is 748 g/mol. The van der Waals surface area contributed by atoms with Crippen molar-refractivity contribution >= 4 is 23.1 Å². The molecule has 0 spiro atoms. The van der Waals surface area contributed by atoms with E-state index >= 15 is 0 Å². The van der Waals surface area contributed by atoms with Gasteiger partial charge in [-0.25, -0.2) is 0 Å². The molecule has 3 N–H and O–H groups in total. The molecule has 15 rings (SSSR count). The summed E-state index contributed by atoms with van der Waals surface area (Å²) in [5.74, 6) is 24.5. The van der Waals surface area contributed by atoms with Gasteiger partial charge in [0.15, 0.2) is 0 Å². The molecule has 55 heavy (non-hydrogen) atoms. The van der Waals surface area contributed by atoms with E-state index in [0.29, 0.717) is 23.7 Å². The highest BCUT2D eigenvalue weighted by molar-refractivity contribution is 6.16. The molecule has 0 amide bonds. The summed E-state index contributed by atoms with van der Waals surface area (Å²) in [5, 5.41) is 31.6. The predicted molar refractivity (Wildman–Crippen MR) is 210 cm³/mol. The van der Waals surface area contributed by atoms with E-state index < -0.39 is 0 Å². The van der Waals surface area contributed by atoms with Gasteiger partial charge in [0.2, 0.25) is 0 Å². The molecular weight excluding hydrogens is 681 g/mol. The smallest absolute Gasteiger partial charge is 0.430 e. The molecule has 0 saturated heterocycles. The van der Waals surface area contributed by atoms with Gasteiger partial charge < -0.3 is 29.0 Å². The molecule has 0 aromatic rings. The molecule has 15 aliphatic rings. The molecule has 15 aliphatic carbocycles. The Morgan fingerprint density at radius 3 is 1.36 bits per heavy atom. The highest BCUT2D eigenvalue weighted by Crippen LogP contribution is 2.85. The minimum absolute atomic E-state index is 0.0107. The van der Waals surface area contributed by atoms with Crippen molar-refractivity contribution in [3.05, 3.63) is 0 Å². The van der Waals surface area contributed by atoms with E-state index in [1.807, 2.05) is 0 Å². The zero-order valence-electron chi connectivity index (χ0n) is 33.2. The standard InChI is InChI=1S/C46H67B3O6/c50-47-53-26-13-12-25-24-11-10-23-20-3-1-2-17-14-18-5-4-16-6-8-21-22-9-7-19-15-27(54-48-51)38-40-31(19)33(22)42-41-32(21)29(16)30(18)39(28(17)20)43(41)34(23)35(24)44(42)45(40)36(25)37(26)46(38)55-49-52/h16-52H,1-15H2. The zero-order chi connectivity index (χ0) is 35.7. The van der Waals surface area contributed by atoms with Gasteiger partial charge in [0.25, 0.3) is 0 Å². The molecule has 6 nitrogen and oxygen atoms in total. The fourth-order valence-electron chi connectivity index (χ4n) is 25.3. The highest BCUT2D eigenvalue weighted by atomic mass is 16.5. The third kappa shape index (κ3) is 3.79. The fourth-order valence-corrected chi connectivity index (χ4v) is 25.3. The predicted octanol–water partition coefficient (Wildman–Crippen LogP) is 5.23. The summed E-state index contributed by atoms with van der Waals surface area (Å²) in [6, 6.07) is 0. The summed E-state index contributed by atoms with van der Waals surface area (Å²) in [6.45, 7) is 0. The Bertz CT molecular complexity index is 1600. The summed E-state index contributed by atoms with van der Waals surface area (Å²) in [5.41, 5.74) is 0. The first-order valence-electron chi connectivity index (χ1n) is 24.9. The van der Waals surface area contributed by atoms with E-state index in [2.05, 4.69) is 0 Å². The van der Waals surface area contributed by atoms with Crippen LogP contribution in [0.4, 0.5) is 0 Å². The lowest BCUT2D eigenvalue weighted by atomic mass is 9.21.